The molecule has 2 rings (SSSR count). The van der Waals surface area contributed by atoms with Crippen LogP contribution in [0.2, 0.25) is 0 Å². The van der Waals surface area contributed by atoms with E-state index in [4.69, 9.17) is 5.11 Å². The van der Waals surface area contributed by atoms with E-state index >= 15 is 0 Å². The Balaban J connectivity index is 1.95. The Morgan fingerprint density at radius 3 is 2.70 bits per heavy atom. The van der Waals surface area contributed by atoms with Crippen molar-refractivity contribution in [3.05, 3.63) is 11.9 Å². The van der Waals surface area contributed by atoms with Crippen molar-refractivity contribution in [3.63, 3.8) is 0 Å². The lowest BCUT2D eigenvalue weighted by Gasteiger charge is -2.29. The fourth-order valence-corrected chi connectivity index (χ4v) is 2.34. The Morgan fingerprint density at radius 2 is 2.05 bits per heavy atom. The molecular formula is C13H20N4O3. The maximum atomic E-state index is 12.3. The largest absolute Gasteiger partial charge is 0.481 e. The van der Waals surface area contributed by atoms with Crippen molar-refractivity contribution in [2.75, 3.05) is 13.1 Å². The van der Waals surface area contributed by atoms with Gasteiger partial charge in [0, 0.05) is 25.7 Å². The van der Waals surface area contributed by atoms with Crippen LogP contribution in [0.3, 0.4) is 0 Å². The molecule has 20 heavy (non-hydrogen) atoms. The predicted molar refractivity (Wildman–Crippen MR) is 71.1 cm³/mol. The highest BCUT2D eigenvalue weighted by molar-refractivity contribution is 5.80. The Bertz CT molecular complexity index is 480. The number of piperidine rings is 1. The van der Waals surface area contributed by atoms with Crippen LogP contribution in [0.25, 0.3) is 0 Å². The number of hydrogen-bond donors (Lipinski definition) is 1. The molecule has 1 fully saturated rings. The summed E-state index contributed by atoms with van der Waals surface area (Å²) in [4.78, 5) is 24.7. The minimum Gasteiger partial charge on any atom is -0.481 e. The number of aryl methyl sites for hydroxylation is 1. The lowest BCUT2D eigenvalue weighted by Crippen LogP contribution is -2.39. The molecule has 1 aliphatic rings. The van der Waals surface area contributed by atoms with Gasteiger partial charge in [-0.15, -0.1) is 5.10 Å². The molecule has 0 aromatic carbocycles. The monoisotopic (exact) mass is 280 g/mol. The SMILES string of the molecule is C[C@@H](C(=O)N1CCCCC1)n1cc(CCC(=O)O)nn1. The summed E-state index contributed by atoms with van der Waals surface area (Å²) in [5.41, 5.74) is 0.602. The lowest BCUT2D eigenvalue weighted by molar-refractivity contribution is -0.137. The molecule has 7 heteroatoms. The second-order valence-corrected chi connectivity index (χ2v) is 5.15. The van der Waals surface area contributed by atoms with Gasteiger partial charge in [-0.2, -0.15) is 0 Å². The minimum absolute atomic E-state index is 0.0210. The third kappa shape index (κ3) is 3.55. The van der Waals surface area contributed by atoms with E-state index in [1.54, 1.807) is 13.1 Å². The summed E-state index contributed by atoms with van der Waals surface area (Å²) < 4.78 is 1.52. The molecule has 0 aliphatic carbocycles. The van der Waals surface area contributed by atoms with Crippen molar-refractivity contribution in [1.82, 2.24) is 19.9 Å². The van der Waals surface area contributed by atoms with Gasteiger partial charge in [-0.1, -0.05) is 5.21 Å². The number of aliphatic carboxylic acids is 1. The van der Waals surface area contributed by atoms with Crippen molar-refractivity contribution in [2.45, 2.75) is 45.1 Å². The lowest BCUT2D eigenvalue weighted by atomic mass is 10.1. The van der Waals surface area contributed by atoms with Crippen molar-refractivity contribution >= 4 is 11.9 Å². The fourth-order valence-electron chi connectivity index (χ4n) is 2.34. The maximum absolute atomic E-state index is 12.3. The second-order valence-electron chi connectivity index (χ2n) is 5.15. The van der Waals surface area contributed by atoms with Gasteiger partial charge in [0.05, 0.1) is 12.1 Å². The quantitative estimate of drug-likeness (QED) is 0.864. The Kier molecular flexibility index (Phi) is 4.70. The van der Waals surface area contributed by atoms with Gasteiger partial charge in [0.2, 0.25) is 5.91 Å². The van der Waals surface area contributed by atoms with Crippen LogP contribution in [0.4, 0.5) is 0 Å². The number of amides is 1. The molecule has 0 spiro atoms. The van der Waals surface area contributed by atoms with Gasteiger partial charge >= 0.3 is 5.97 Å². The predicted octanol–water partition coefficient (Wildman–Crippen LogP) is 0.869. The number of likely N-dealkylation sites (tertiary alicyclic amines) is 1. The van der Waals surface area contributed by atoms with E-state index in [0.29, 0.717) is 12.1 Å². The number of rotatable bonds is 5. The smallest absolute Gasteiger partial charge is 0.303 e. The first-order chi connectivity index (χ1) is 9.58. The van der Waals surface area contributed by atoms with Crippen LogP contribution in [-0.4, -0.2) is 50.0 Å². The van der Waals surface area contributed by atoms with Gasteiger partial charge in [0.15, 0.2) is 0 Å². The number of aromatic nitrogens is 3. The zero-order chi connectivity index (χ0) is 14.5. The number of hydrogen-bond acceptors (Lipinski definition) is 4. The molecular weight excluding hydrogens is 260 g/mol. The molecule has 1 saturated heterocycles. The summed E-state index contributed by atoms with van der Waals surface area (Å²) in [5, 5.41) is 16.5. The van der Waals surface area contributed by atoms with E-state index in [1.807, 2.05) is 4.90 Å². The molecule has 1 N–H and O–H groups in total. The topological polar surface area (TPSA) is 88.3 Å². The van der Waals surface area contributed by atoms with Crippen LogP contribution < -0.4 is 0 Å². The molecule has 0 saturated carbocycles. The molecule has 1 aromatic heterocycles. The number of carbonyl (C=O) groups is 2. The van der Waals surface area contributed by atoms with Gasteiger partial charge in [-0.3, -0.25) is 9.59 Å². The van der Waals surface area contributed by atoms with Crippen LogP contribution >= 0.6 is 0 Å². The zero-order valence-electron chi connectivity index (χ0n) is 11.7. The summed E-state index contributed by atoms with van der Waals surface area (Å²) in [6, 6.07) is -0.390. The van der Waals surface area contributed by atoms with Crippen LogP contribution in [-0.2, 0) is 16.0 Å². The molecule has 110 valence electrons. The third-order valence-electron chi connectivity index (χ3n) is 3.57. The summed E-state index contributed by atoms with van der Waals surface area (Å²) in [7, 11) is 0. The van der Waals surface area contributed by atoms with Crippen molar-refractivity contribution in [2.24, 2.45) is 0 Å². The number of carbonyl (C=O) groups excluding carboxylic acids is 1. The molecule has 0 radical (unpaired) electrons. The highest BCUT2D eigenvalue weighted by Gasteiger charge is 2.24. The summed E-state index contributed by atoms with van der Waals surface area (Å²) in [6.45, 7) is 3.42. The van der Waals surface area contributed by atoms with E-state index in [1.165, 1.54) is 11.1 Å². The molecule has 0 unspecified atom stereocenters. The molecule has 0 bridgehead atoms. The highest BCUT2D eigenvalue weighted by Crippen LogP contribution is 2.15. The second kappa shape index (κ2) is 6.49. The van der Waals surface area contributed by atoms with Crippen molar-refractivity contribution in [1.29, 1.82) is 0 Å². The van der Waals surface area contributed by atoms with E-state index in [9.17, 15) is 9.59 Å². The van der Waals surface area contributed by atoms with E-state index in [2.05, 4.69) is 10.3 Å². The zero-order valence-corrected chi connectivity index (χ0v) is 11.7. The third-order valence-corrected chi connectivity index (χ3v) is 3.57. The van der Waals surface area contributed by atoms with Crippen LogP contribution in [0, 0.1) is 0 Å². The number of carboxylic acid groups (broad SMARTS) is 1. The first kappa shape index (κ1) is 14.5. The molecule has 7 nitrogen and oxygen atoms in total. The normalized spacial score (nSPS) is 16.9. The van der Waals surface area contributed by atoms with Gasteiger partial charge in [-0.25, -0.2) is 4.68 Å². The molecule has 1 aromatic rings. The Hall–Kier alpha value is -1.92. The Morgan fingerprint density at radius 1 is 1.35 bits per heavy atom. The average molecular weight is 280 g/mol. The van der Waals surface area contributed by atoms with Crippen molar-refractivity contribution < 1.29 is 14.7 Å². The average Bonchev–Trinajstić information content (AvgIpc) is 2.93. The van der Waals surface area contributed by atoms with Gasteiger partial charge in [0.1, 0.15) is 6.04 Å². The molecule has 2 heterocycles. The molecule has 1 amide bonds. The summed E-state index contributed by atoms with van der Waals surface area (Å²) in [6.07, 6.45) is 5.31. The summed E-state index contributed by atoms with van der Waals surface area (Å²) in [5.74, 6) is -0.809. The summed E-state index contributed by atoms with van der Waals surface area (Å²) >= 11 is 0. The van der Waals surface area contributed by atoms with Crippen LogP contribution in [0.15, 0.2) is 6.20 Å². The number of carboxylic acids is 1. The first-order valence-electron chi connectivity index (χ1n) is 6.99. The van der Waals surface area contributed by atoms with Crippen LogP contribution in [0.5, 0.6) is 0 Å². The van der Waals surface area contributed by atoms with E-state index in [-0.39, 0.29) is 18.4 Å². The van der Waals surface area contributed by atoms with E-state index in [0.717, 1.165) is 25.9 Å². The number of nitrogens with zero attached hydrogens (tertiary/aromatic N) is 4. The maximum Gasteiger partial charge on any atom is 0.303 e. The highest BCUT2D eigenvalue weighted by atomic mass is 16.4. The van der Waals surface area contributed by atoms with E-state index < -0.39 is 5.97 Å². The fraction of sp³-hybridized carbons (Fsp3) is 0.692. The van der Waals surface area contributed by atoms with Gasteiger partial charge in [-0.05, 0) is 26.2 Å². The van der Waals surface area contributed by atoms with Gasteiger partial charge < -0.3 is 10.0 Å². The van der Waals surface area contributed by atoms with Crippen LogP contribution in [0.1, 0.15) is 44.3 Å². The first-order valence-corrected chi connectivity index (χ1v) is 6.99. The molecule has 1 aliphatic heterocycles. The molecule has 1 atom stereocenters. The van der Waals surface area contributed by atoms with Gasteiger partial charge in [0.25, 0.3) is 0 Å². The minimum atomic E-state index is -0.864. The standard InChI is InChI=1S/C13H20N4O3/c1-10(13(20)16-7-3-2-4-8-16)17-9-11(14-15-17)5-6-12(18)19/h9-10H,2-8H2,1H3,(H,18,19)/t10-/m0/s1. The van der Waals surface area contributed by atoms with Crippen molar-refractivity contribution in [3.8, 4) is 0 Å². The Labute approximate surface area is 117 Å².